The van der Waals surface area contributed by atoms with Crippen LogP contribution in [0.5, 0.6) is 0 Å². The number of thiazole rings is 1. The van der Waals surface area contributed by atoms with Gasteiger partial charge in [-0.2, -0.15) is 4.98 Å². The molecule has 4 nitrogen and oxygen atoms in total. The molecule has 0 saturated heterocycles. The molecule has 20 heavy (non-hydrogen) atoms. The second-order valence-electron chi connectivity index (χ2n) is 4.37. The lowest BCUT2D eigenvalue weighted by Gasteiger charge is -1.97. The highest BCUT2D eigenvalue weighted by molar-refractivity contribution is 8.00. The summed E-state index contributed by atoms with van der Waals surface area (Å²) in [6, 6.07) is 8.02. The normalized spacial score (nSPS) is 10.9. The van der Waals surface area contributed by atoms with E-state index in [9.17, 15) is 0 Å². The Morgan fingerprint density at radius 3 is 2.80 bits per heavy atom. The summed E-state index contributed by atoms with van der Waals surface area (Å²) in [5.74, 6) is 1.92. The predicted molar refractivity (Wildman–Crippen MR) is 80.9 cm³/mol. The van der Waals surface area contributed by atoms with E-state index in [0.717, 1.165) is 21.2 Å². The number of rotatable bonds is 4. The first-order chi connectivity index (χ1) is 9.72. The zero-order valence-corrected chi connectivity index (χ0v) is 12.8. The fourth-order valence-electron chi connectivity index (χ4n) is 1.77. The molecule has 0 saturated carbocycles. The lowest BCUT2D eigenvalue weighted by molar-refractivity contribution is 0.391. The van der Waals surface area contributed by atoms with Crippen LogP contribution in [0.3, 0.4) is 0 Å². The van der Waals surface area contributed by atoms with Gasteiger partial charge in [0.25, 0.3) is 0 Å². The third kappa shape index (κ3) is 2.91. The van der Waals surface area contributed by atoms with Crippen molar-refractivity contribution in [2.45, 2.75) is 23.9 Å². The largest absolute Gasteiger partial charge is 0.338 e. The summed E-state index contributed by atoms with van der Waals surface area (Å²) in [4.78, 5) is 8.84. The Bertz CT molecular complexity index is 721. The molecule has 0 aliphatic rings. The highest BCUT2D eigenvalue weighted by atomic mass is 32.2. The van der Waals surface area contributed by atoms with Crippen LogP contribution in [-0.4, -0.2) is 15.1 Å². The van der Waals surface area contributed by atoms with Crippen LogP contribution in [0.2, 0.25) is 0 Å². The van der Waals surface area contributed by atoms with E-state index in [0.29, 0.717) is 17.5 Å². The maximum atomic E-state index is 5.30. The molecule has 0 spiro atoms. The van der Waals surface area contributed by atoms with Gasteiger partial charge in [-0.15, -0.1) is 11.3 Å². The number of hydrogen-bond donors (Lipinski definition) is 0. The maximum Gasteiger partial charge on any atom is 0.237 e. The first kappa shape index (κ1) is 13.3. The number of nitrogens with zero attached hydrogens (tertiary/aromatic N) is 3. The summed E-state index contributed by atoms with van der Waals surface area (Å²) in [7, 11) is 0. The van der Waals surface area contributed by atoms with Gasteiger partial charge in [-0.3, -0.25) is 0 Å². The molecule has 0 fully saturated rings. The molecule has 1 aromatic carbocycles. The zero-order chi connectivity index (χ0) is 13.9. The molecular weight excluding hydrogens is 290 g/mol. The lowest BCUT2D eigenvalue weighted by Crippen LogP contribution is -1.85. The van der Waals surface area contributed by atoms with Crippen LogP contribution in [0, 0.1) is 13.8 Å². The Morgan fingerprint density at radius 2 is 2.05 bits per heavy atom. The second-order valence-corrected chi connectivity index (χ2v) is 6.45. The Morgan fingerprint density at radius 1 is 1.20 bits per heavy atom. The molecule has 102 valence electrons. The molecule has 0 unspecified atom stereocenters. The smallest absolute Gasteiger partial charge is 0.237 e. The Balaban J connectivity index is 1.72. The minimum atomic E-state index is 0.626. The molecule has 0 radical (unpaired) electrons. The Hall–Kier alpha value is -1.66. The highest BCUT2D eigenvalue weighted by Gasteiger charge is 2.11. The topological polar surface area (TPSA) is 51.8 Å². The standard InChI is InChI=1S/C14H13N3OS2/c1-9-5-3-4-6-11(9)13-16-12(18-17-13)8-20-14-15-10(2)7-19-14/h3-7H,8H2,1-2H3. The summed E-state index contributed by atoms with van der Waals surface area (Å²) in [6.45, 7) is 4.03. The van der Waals surface area contributed by atoms with Crippen molar-refractivity contribution in [2.75, 3.05) is 0 Å². The van der Waals surface area contributed by atoms with Gasteiger partial charge >= 0.3 is 0 Å². The van der Waals surface area contributed by atoms with E-state index in [1.165, 1.54) is 0 Å². The van der Waals surface area contributed by atoms with Crippen molar-refractivity contribution in [3.63, 3.8) is 0 Å². The van der Waals surface area contributed by atoms with E-state index in [2.05, 4.69) is 15.1 Å². The number of thioether (sulfide) groups is 1. The summed E-state index contributed by atoms with van der Waals surface area (Å²) in [5.41, 5.74) is 3.20. The number of benzene rings is 1. The van der Waals surface area contributed by atoms with Crippen LogP contribution in [0.4, 0.5) is 0 Å². The molecule has 3 aromatic rings. The van der Waals surface area contributed by atoms with Gasteiger partial charge < -0.3 is 4.52 Å². The van der Waals surface area contributed by atoms with E-state index in [-0.39, 0.29) is 0 Å². The molecule has 0 bridgehead atoms. The fourth-order valence-corrected chi connectivity index (χ4v) is 3.46. The van der Waals surface area contributed by atoms with Crippen LogP contribution in [-0.2, 0) is 5.75 Å². The Kier molecular flexibility index (Phi) is 3.84. The van der Waals surface area contributed by atoms with E-state index in [4.69, 9.17) is 4.52 Å². The van der Waals surface area contributed by atoms with Crippen molar-refractivity contribution < 1.29 is 4.52 Å². The summed E-state index contributed by atoms with van der Waals surface area (Å²) < 4.78 is 6.32. The van der Waals surface area contributed by atoms with Gasteiger partial charge in [-0.1, -0.05) is 41.2 Å². The summed E-state index contributed by atoms with van der Waals surface area (Å²) >= 11 is 3.25. The van der Waals surface area contributed by atoms with Gasteiger partial charge in [0.15, 0.2) is 4.34 Å². The minimum Gasteiger partial charge on any atom is -0.338 e. The molecule has 3 rings (SSSR count). The van der Waals surface area contributed by atoms with Crippen LogP contribution < -0.4 is 0 Å². The molecule has 2 heterocycles. The zero-order valence-electron chi connectivity index (χ0n) is 11.2. The van der Waals surface area contributed by atoms with E-state index >= 15 is 0 Å². The van der Waals surface area contributed by atoms with Crippen molar-refractivity contribution in [1.82, 2.24) is 15.1 Å². The van der Waals surface area contributed by atoms with Gasteiger partial charge in [-0.25, -0.2) is 4.98 Å². The van der Waals surface area contributed by atoms with Crippen LogP contribution in [0.1, 0.15) is 17.1 Å². The van der Waals surface area contributed by atoms with E-state index in [1.807, 2.05) is 43.5 Å². The lowest BCUT2D eigenvalue weighted by atomic mass is 10.1. The number of hydrogen-bond acceptors (Lipinski definition) is 6. The molecular formula is C14H13N3OS2. The average Bonchev–Trinajstić information content (AvgIpc) is 3.06. The Labute approximate surface area is 125 Å². The molecule has 2 aromatic heterocycles. The molecule has 6 heteroatoms. The van der Waals surface area contributed by atoms with Crippen LogP contribution in [0.15, 0.2) is 38.5 Å². The first-order valence-electron chi connectivity index (χ1n) is 6.16. The van der Waals surface area contributed by atoms with Gasteiger partial charge in [-0.05, 0) is 19.4 Å². The summed E-state index contributed by atoms with van der Waals surface area (Å²) in [6.07, 6.45) is 0. The number of aryl methyl sites for hydroxylation is 2. The van der Waals surface area contributed by atoms with Gasteiger partial charge in [0.05, 0.1) is 5.75 Å². The monoisotopic (exact) mass is 303 g/mol. The molecule has 0 aliphatic heterocycles. The van der Waals surface area contributed by atoms with Gasteiger partial charge in [0.1, 0.15) is 0 Å². The van der Waals surface area contributed by atoms with E-state index in [1.54, 1.807) is 23.1 Å². The van der Waals surface area contributed by atoms with Crippen molar-refractivity contribution >= 4 is 23.1 Å². The maximum absolute atomic E-state index is 5.30. The average molecular weight is 303 g/mol. The molecule has 0 N–H and O–H groups in total. The van der Waals surface area contributed by atoms with Crippen molar-refractivity contribution in [1.29, 1.82) is 0 Å². The van der Waals surface area contributed by atoms with Crippen LogP contribution in [0.25, 0.3) is 11.4 Å². The highest BCUT2D eigenvalue weighted by Crippen LogP contribution is 2.26. The number of aromatic nitrogens is 3. The third-order valence-corrected chi connectivity index (χ3v) is 4.89. The quantitative estimate of drug-likeness (QED) is 0.679. The van der Waals surface area contributed by atoms with Gasteiger partial charge in [0.2, 0.25) is 11.7 Å². The first-order valence-corrected chi connectivity index (χ1v) is 8.02. The van der Waals surface area contributed by atoms with Gasteiger partial charge in [0, 0.05) is 16.6 Å². The third-order valence-electron chi connectivity index (χ3n) is 2.77. The SMILES string of the molecule is Cc1csc(SCc2nc(-c3ccccc3C)no2)n1. The molecule has 0 amide bonds. The predicted octanol–water partition coefficient (Wildman–Crippen LogP) is 4.10. The van der Waals surface area contributed by atoms with Crippen LogP contribution >= 0.6 is 23.1 Å². The van der Waals surface area contributed by atoms with Crippen molar-refractivity contribution in [3.8, 4) is 11.4 Å². The van der Waals surface area contributed by atoms with E-state index < -0.39 is 0 Å². The molecule has 0 atom stereocenters. The second kappa shape index (κ2) is 5.76. The fraction of sp³-hybridized carbons (Fsp3) is 0.214. The minimum absolute atomic E-state index is 0.626. The summed E-state index contributed by atoms with van der Waals surface area (Å²) in [5, 5.41) is 6.08. The van der Waals surface area contributed by atoms with Crippen molar-refractivity contribution in [3.05, 3.63) is 46.8 Å². The van der Waals surface area contributed by atoms with Crippen molar-refractivity contribution in [2.24, 2.45) is 0 Å². The molecule has 0 aliphatic carbocycles.